The molecule has 2 aromatic rings. The van der Waals surface area contributed by atoms with Crippen LogP contribution in [0.3, 0.4) is 0 Å². The largest absolute Gasteiger partial charge is 0.351 e. The van der Waals surface area contributed by atoms with Gasteiger partial charge in [-0.05, 0) is 63.1 Å². The second-order valence-electron chi connectivity index (χ2n) is 6.77. The summed E-state index contributed by atoms with van der Waals surface area (Å²) in [5.74, 6) is -0.0283. The molecule has 25 heavy (non-hydrogen) atoms. The van der Waals surface area contributed by atoms with E-state index in [2.05, 4.69) is 17.0 Å². The number of carbonyl (C=O) groups is 1. The van der Waals surface area contributed by atoms with Crippen LogP contribution in [0.1, 0.15) is 43.1 Å². The smallest absolute Gasteiger partial charge is 0.253 e. The van der Waals surface area contributed by atoms with Gasteiger partial charge in [-0.2, -0.15) is 0 Å². The fraction of sp³-hybridized carbons (Fsp3) is 0.421. The van der Waals surface area contributed by atoms with Crippen LogP contribution in [0.15, 0.2) is 53.7 Å². The average Bonchev–Trinajstić information content (AvgIpc) is 3.16. The molecule has 134 valence electrons. The normalized spacial score (nSPS) is 16.4. The zero-order chi connectivity index (χ0) is 18.0. The standard InChI is InChI=1S/C19H24N2O3S/c1-15(2)25(23,24)18-7-5-16(6-8-18)19(22)21-13-9-17(10-14-21)20-11-3-4-12-20/h3-8,11-12,15,17H,9-10,13-14H2,1-2H3. The molecule has 0 radical (unpaired) electrons. The maximum Gasteiger partial charge on any atom is 0.253 e. The van der Waals surface area contributed by atoms with Crippen molar-refractivity contribution in [3.05, 3.63) is 54.4 Å². The fourth-order valence-electron chi connectivity index (χ4n) is 3.20. The van der Waals surface area contributed by atoms with Crippen molar-refractivity contribution in [1.29, 1.82) is 0 Å². The fourth-order valence-corrected chi connectivity index (χ4v) is 4.26. The van der Waals surface area contributed by atoms with Crippen LogP contribution in [-0.4, -0.2) is 42.1 Å². The topological polar surface area (TPSA) is 59.4 Å². The van der Waals surface area contributed by atoms with E-state index in [1.54, 1.807) is 26.0 Å². The molecule has 0 atom stereocenters. The number of hydrogen-bond acceptors (Lipinski definition) is 3. The molecule has 1 aromatic heterocycles. The number of aromatic nitrogens is 1. The lowest BCUT2D eigenvalue weighted by Gasteiger charge is -2.32. The molecule has 6 heteroatoms. The van der Waals surface area contributed by atoms with Crippen LogP contribution < -0.4 is 0 Å². The van der Waals surface area contributed by atoms with Gasteiger partial charge in [-0.3, -0.25) is 4.79 Å². The minimum atomic E-state index is -3.30. The second kappa shape index (κ2) is 7.04. The van der Waals surface area contributed by atoms with E-state index in [9.17, 15) is 13.2 Å². The molecular formula is C19H24N2O3S. The highest BCUT2D eigenvalue weighted by molar-refractivity contribution is 7.92. The average molecular weight is 360 g/mol. The SMILES string of the molecule is CC(C)S(=O)(=O)c1ccc(C(=O)N2CCC(n3cccc3)CC2)cc1. The Bertz CT molecular complexity index is 816. The van der Waals surface area contributed by atoms with E-state index >= 15 is 0 Å². The number of piperidine rings is 1. The zero-order valence-electron chi connectivity index (χ0n) is 14.6. The summed E-state index contributed by atoms with van der Waals surface area (Å²) >= 11 is 0. The van der Waals surface area contributed by atoms with Crippen LogP contribution >= 0.6 is 0 Å². The zero-order valence-corrected chi connectivity index (χ0v) is 15.4. The first-order valence-electron chi connectivity index (χ1n) is 8.65. The Balaban J connectivity index is 1.66. The highest BCUT2D eigenvalue weighted by Crippen LogP contribution is 2.24. The number of rotatable bonds is 4. The van der Waals surface area contributed by atoms with Crippen LogP contribution in [0.2, 0.25) is 0 Å². The van der Waals surface area contributed by atoms with Gasteiger partial charge in [-0.25, -0.2) is 8.42 Å². The molecule has 1 fully saturated rings. The molecule has 0 aliphatic carbocycles. The third-order valence-electron chi connectivity index (χ3n) is 4.85. The van der Waals surface area contributed by atoms with Gasteiger partial charge in [0, 0.05) is 37.1 Å². The van der Waals surface area contributed by atoms with E-state index in [1.165, 1.54) is 12.1 Å². The van der Waals surface area contributed by atoms with Gasteiger partial charge in [0.25, 0.3) is 5.91 Å². The summed E-state index contributed by atoms with van der Waals surface area (Å²) in [6, 6.07) is 10.8. The van der Waals surface area contributed by atoms with Gasteiger partial charge in [-0.15, -0.1) is 0 Å². The van der Waals surface area contributed by atoms with Crippen molar-refractivity contribution in [2.24, 2.45) is 0 Å². The van der Waals surface area contributed by atoms with Crippen LogP contribution in [0.4, 0.5) is 0 Å². The third kappa shape index (κ3) is 3.63. The molecule has 0 spiro atoms. The first kappa shape index (κ1) is 17.7. The first-order chi connectivity index (χ1) is 11.9. The minimum absolute atomic E-state index is 0.0283. The van der Waals surface area contributed by atoms with Gasteiger partial charge in [0.15, 0.2) is 9.84 Å². The van der Waals surface area contributed by atoms with Crippen molar-refractivity contribution in [3.63, 3.8) is 0 Å². The van der Waals surface area contributed by atoms with Crippen molar-refractivity contribution >= 4 is 15.7 Å². The van der Waals surface area contributed by atoms with E-state index in [4.69, 9.17) is 0 Å². The van der Waals surface area contributed by atoms with Gasteiger partial charge in [0.1, 0.15) is 0 Å². The lowest BCUT2D eigenvalue weighted by atomic mass is 10.0. The molecule has 0 unspecified atom stereocenters. The van der Waals surface area contributed by atoms with Crippen LogP contribution in [0, 0.1) is 0 Å². The van der Waals surface area contributed by atoms with E-state index in [0.29, 0.717) is 24.7 Å². The number of likely N-dealkylation sites (tertiary alicyclic amines) is 1. The first-order valence-corrected chi connectivity index (χ1v) is 10.2. The number of amides is 1. The number of hydrogen-bond donors (Lipinski definition) is 0. The van der Waals surface area contributed by atoms with E-state index in [0.717, 1.165) is 12.8 Å². The van der Waals surface area contributed by atoms with Crippen molar-refractivity contribution in [3.8, 4) is 0 Å². The molecular weight excluding hydrogens is 336 g/mol. The molecule has 1 aliphatic heterocycles. The Kier molecular flexibility index (Phi) is 4.99. The second-order valence-corrected chi connectivity index (χ2v) is 9.28. The van der Waals surface area contributed by atoms with Gasteiger partial charge >= 0.3 is 0 Å². The Morgan fingerprint density at radius 3 is 2.12 bits per heavy atom. The minimum Gasteiger partial charge on any atom is -0.351 e. The quantitative estimate of drug-likeness (QED) is 0.841. The summed E-state index contributed by atoms with van der Waals surface area (Å²) in [6.07, 6.45) is 5.99. The summed E-state index contributed by atoms with van der Waals surface area (Å²) in [5.41, 5.74) is 0.544. The maximum atomic E-state index is 12.7. The van der Waals surface area contributed by atoms with Crippen LogP contribution in [-0.2, 0) is 9.84 Å². The molecule has 2 heterocycles. The van der Waals surface area contributed by atoms with Crippen molar-refractivity contribution in [2.75, 3.05) is 13.1 Å². The van der Waals surface area contributed by atoms with Crippen molar-refractivity contribution < 1.29 is 13.2 Å². The summed E-state index contributed by atoms with van der Waals surface area (Å²) in [6.45, 7) is 4.74. The van der Waals surface area contributed by atoms with Crippen molar-refractivity contribution in [2.45, 2.75) is 42.9 Å². The molecule has 1 aromatic carbocycles. The van der Waals surface area contributed by atoms with Crippen molar-refractivity contribution in [1.82, 2.24) is 9.47 Å². The van der Waals surface area contributed by atoms with Gasteiger partial charge in [-0.1, -0.05) is 0 Å². The molecule has 5 nitrogen and oxygen atoms in total. The monoisotopic (exact) mass is 360 g/mol. The summed E-state index contributed by atoms with van der Waals surface area (Å²) in [5, 5.41) is -0.471. The number of carbonyl (C=O) groups excluding carboxylic acids is 1. The van der Waals surface area contributed by atoms with Crippen LogP contribution in [0.5, 0.6) is 0 Å². The predicted molar refractivity (Wildman–Crippen MR) is 97.4 cm³/mol. The van der Waals surface area contributed by atoms with Gasteiger partial charge < -0.3 is 9.47 Å². The third-order valence-corrected chi connectivity index (χ3v) is 7.02. The lowest BCUT2D eigenvalue weighted by molar-refractivity contribution is 0.0694. The number of nitrogens with zero attached hydrogens (tertiary/aromatic N) is 2. The summed E-state index contributed by atoms with van der Waals surface area (Å²) in [4.78, 5) is 14.8. The summed E-state index contributed by atoms with van der Waals surface area (Å²) < 4.78 is 26.5. The number of sulfone groups is 1. The van der Waals surface area contributed by atoms with Crippen LogP contribution in [0.25, 0.3) is 0 Å². The maximum absolute atomic E-state index is 12.7. The highest BCUT2D eigenvalue weighted by atomic mass is 32.2. The Morgan fingerprint density at radius 1 is 1.04 bits per heavy atom. The van der Waals surface area contributed by atoms with Gasteiger partial charge in [0.05, 0.1) is 10.1 Å². The molecule has 0 saturated carbocycles. The molecule has 0 bridgehead atoms. The van der Waals surface area contributed by atoms with E-state index < -0.39 is 15.1 Å². The molecule has 1 amide bonds. The molecule has 0 N–H and O–H groups in total. The Morgan fingerprint density at radius 2 is 1.60 bits per heavy atom. The lowest BCUT2D eigenvalue weighted by Crippen LogP contribution is -2.38. The molecule has 1 saturated heterocycles. The number of benzene rings is 1. The van der Waals surface area contributed by atoms with E-state index in [1.807, 2.05) is 17.0 Å². The van der Waals surface area contributed by atoms with Gasteiger partial charge in [0.2, 0.25) is 0 Å². The predicted octanol–water partition coefficient (Wildman–Crippen LogP) is 3.15. The molecule has 1 aliphatic rings. The van der Waals surface area contributed by atoms with E-state index in [-0.39, 0.29) is 10.8 Å². The summed E-state index contributed by atoms with van der Waals surface area (Å²) in [7, 11) is -3.30. The Labute approximate surface area is 149 Å². The Hall–Kier alpha value is -2.08. The molecule has 3 rings (SSSR count). The highest BCUT2D eigenvalue weighted by Gasteiger charge is 2.25.